The normalized spacial score (nSPS) is 10.2. The number of esters is 1. The third kappa shape index (κ3) is 3.52. The van der Waals surface area contributed by atoms with E-state index in [0.29, 0.717) is 36.4 Å². The Morgan fingerprint density at radius 1 is 1.57 bits per heavy atom. The Morgan fingerprint density at radius 3 is 3.00 bits per heavy atom. The highest BCUT2D eigenvalue weighted by Gasteiger charge is 2.18. The Bertz CT molecular complexity index is 825. The van der Waals surface area contributed by atoms with Gasteiger partial charge in [0.2, 0.25) is 0 Å². The molecule has 0 radical (unpaired) electrons. The average Bonchev–Trinajstić information content (AvgIpc) is 2.89. The zero-order chi connectivity index (χ0) is 16.8. The molecule has 8 heteroatoms. The number of hydrogen-bond acceptors (Lipinski definition) is 6. The Labute approximate surface area is 133 Å². The second-order valence-electron chi connectivity index (χ2n) is 4.66. The number of aromatic nitrogens is 3. The molecule has 0 amide bonds. The van der Waals surface area contributed by atoms with E-state index in [4.69, 9.17) is 10.5 Å². The van der Waals surface area contributed by atoms with Crippen LogP contribution in [0.15, 0.2) is 11.0 Å². The van der Waals surface area contributed by atoms with Crippen molar-refractivity contribution in [2.45, 2.75) is 20.3 Å². The molecule has 0 bridgehead atoms. The van der Waals surface area contributed by atoms with E-state index in [-0.39, 0.29) is 12.3 Å². The fourth-order valence-corrected chi connectivity index (χ4v) is 2.13. The largest absolute Gasteiger partial charge is 0.461 e. The second-order valence-corrected chi connectivity index (χ2v) is 4.66. The number of H-pyrrole nitrogens is 1. The minimum atomic E-state index is -0.603. The number of nitrogens with one attached hydrogen (secondary N) is 2. The summed E-state index contributed by atoms with van der Waals surface area (Å²) in [6.07, 6.45) is 1.81. The first kappa shape index (κ1) is 16.6. The molecule has 8 nitrogen and oxygen atoms in total. The van der Waals surface area contributed by atoms with Gasteiger partial charge in [-0.05, 0) is 13.8 Å². The fraction of sp³-hybridized carbons (Fsp3) is 0.400. The van der Waals surface area contributed by atoms with Crippen LogP contribution in [0.4, 0.5) is 5.82 Å². The molecule has 0 spiro atoms. The maximum absolute atomic E-state index is 12.4. The highest BCUT2D eigenvalue weighted by Crippen LogP contribution is 2.18. The molecule has 2 rings (SSSR count). The lowest BCUT2D eigenvalue weighted by molar-refractivity contribution is 0.0518. The quantitative estimate of drug-likeness (QED) is 0.515. The van der Waals surface area contributed by atoms with Gasteiger partial charge in [0.1, 0.15) is 11.2 Å². The van der Waals surface area contributed by atoms with Crippen molar-refractivity contribution in [2.75, 3.05) is 25.0 Å². The molecular formula is C15H19N5O3. The van der Waals surface area contributed by atoms with E-state index in [2.05, 4.69) is 27.2 Å². The Morgan fingerprint density at radius 2 is 2.35 bits per heavy atom. The van der Waals surface area contributed by atoms with Gasteiger partial charge in [-0.1, -0.05) is 5.92 Å². The standard InChI is InChI=1S/C15H19N5O3/c1-3-5-6-10-12-14(21)18-11(15(22)23-4-2)9-20(12)19-13(10)17-8-7-16/h9H,4,6-8,16H2,1-2H3,(H,17,19)(H,18,21). The number of ether oxygens (including phenoxy) is 1. The summed E-state index contributed by atoms with van der Waals surface area (Å²) in [6, 6.07) is 0. The van der Waals surface area contributed by atoms with Crippen LogP contribution < -0.4 is 16.6 Å². The summed E-state index contributed by atoms with van der Waals surface area (Å²) >= 11 is 0. The number of fused-ring (bicyclic) bond motifs is 1. The van der Waals surface area contributed by atoms with E-state index in [0.717, 1.165) is 0 Å². The SMILES string of the molecule is CC#CCc1c(NCCN)nn2cc(C(=O)OCC)[nH]c(=O)c12. The molecule has 122 valence electrons. The van der Waals surface area contributed by atoms with Gasteiger partial charge in [-0.25, -0.2) is 9.31 Å². The van der Waals surface area contributed by atoms with Crippen molar-refractivity contribution in [1.82, 2.24) is 14.6 Å². The smallest absolute Gasteiger partial charge is 0.356 e. The Hall–Kier alpha value is -2.79. The molecule has 0 aliphatic rings. The lowest BCUT2D eigenvalue weighted by Crippen LogP contribution is -2.18. The lowest BCUT2D eigenvalue weighted by atomic mass is 10.2. The monoisotopic (exact) mass is 317 g/mol. The van der Waals surface area contributed by atoms with Gasteiger partial charge in [0.05, 0.1) is 12.8 Å². The summed E-state index contributed by atoms with van der Waals surface area (Å²) in [5, 5.41) is 7.39. The highest BCUT2D eigenvalue weighted by molar-refractivity contribution is 5.87. The number of nitrogens with two attached hydrogens (primary N) is 1. The van der Waals surface area contributed by atoms with Crippen LogP contribution in [0.5, 0.6) is 0 Å². The molecule has 4 N–H and O–H groups in total. The van der Waals surface area contributed by atoms with Gasteiger partial charge in [0.15, 0.2) is 5.82 Å². The Balaban J connectivity index is 2.57. The zero-order valence-electron chi connectivity index (χ0n) is 13.1. The maximum Gasteiger partial charge on any atom is 0.356 e. The molecule has 0 unspecified atom stereocenters. The first-order chi connectivity index (χ1) is 11.1. The summed E-state index contributed by atoms with van der Waals surface area (Å²) in [5.41, 5.74) is 6.14. The first-order valence-corrected chi connectivity index (χ1v) is 7.27. The molecule has 23 heavy (non-hydrogen) atoms. The molecular weight excluding hydrogens is 298 g/mol. The van der Waals surface area contributed by atoms with Crippen LogP contribution in [-0.2, 0) is 11.2 Å². The summed E-state index contributed by atoms with van der Waals surface area (Å²) < 4.78 is 6.27. The van der Waals surface area contributed by atoms with Crippen LogP contribution >= 0.6 is 0 Å². The van der Waals surface area contributed by atoms with Gasteiger partial charge in [-0.15, -0.1) is 11.0 Å². The van der Waals surface area contributed by atoms with Gasteiger partial charge >= 0.3 is 5.97 Å². The van der Waals surface area contributed by atoms with Crippen molar-refractivity contribution in [1.29, 1.82) is 0 Å². The fourth-order valence-electron chi connectivity index (χ4n) is 2.13. The number of hydrogen-bond donors (Lipinski definition) is 3. The van der Waals surface area contributed by atoms with Gasteiger partial charge in [0, 0.05) is 25.1 Å². The molecule has 0 aliphatic heterocycles. The molecule has 0 saturated carbocycles. The van der Waals surface area contributed by atoms with Crippen LogP contribution in [0.25, 0.3) is 5.52 Å². The van der Waals surface area contributed by atoms with Gasteiger partial charge in [0.25, 0.3) is 5.56 Å². The predicted molar refractivity (Wildman–Crippen MR) is 86.5 cm³/mol. The minimum Gasteiger partial charge on any atom is -0.461 e. The molecule has 2 aromatic heterocycles. The van der Waals surface area contributed by atoms with Crippen molar-refractivity contribution in [2.24, 2.45) is 5.73 Å². The second kappa shape index (κ2) is 7.47. The third-order valence-corrected chi connectivity index (χ3v) is 3.10. The van der Waals surface area contributed by atoms with E-state index in [1.807, 2.05) is 0 Å². The van der Waals surface area contributed by atoms with E-state index in [1.165, 1.54) is 10.7 Å². The summed E-state index contributed by atoms with van der Waals surface area (Å²) in [5.74, 6) is 5.65. The van der Waals surface area contributed by atoms with Crippen LogP contribution in [0.1, 0.15) is 29.9 Å². The molecule has 0 fully saturated rings. The van der Waals surface area contributed by atoms with E-state index >= 15 is 0 Å². The summed E-state index contributed by atoms with van der Waals surface area (Å²) in [6.45, 7) is 4.58. The van der Waals surface area contributed by atoms with E-state index in [9.17, 15) is 9.59 Å². The molecule has 2 heterocycles. The van der Waals surface area contributed by atoms with Crippen molar-refractivity contribution < 1.29 is 9.53 Å². The van der Waals surface area contributed by atoms with Crippen molar-refractivity contribution in [3.05, 3.63) is 27.8 Å². The first-order valence-electron chi connectivity index (χ1n) is 7.27. The van der Waals surface area contributed by atoms with Crippen molar-refractivity contribution in [3.8, 4) is 11.8 Å². The number of aromatic amines is 1. The number of anilines is 1. The maximum atomic E-state index is 12.4. The van der Waals surface area contributed by atoms with E-state index < -0.39 is 11.5 Å². The minimum absolute atomic E-state index is 0.0466. The summed E-state index contributed by atoms with van der Waals surface area (Å²) in [4.78, 5) is 26.7. The van der Waals surface area contributed by atoms with Gasteiger partial charge < -0.3 is 20.8 Å². The van der Waals surface area contributed by atoms with Crippen molar-refractivity contribution >= 4 is 17.3 Å². The molecule has 2 aromatic rings. The van der Waals surface area contributed by atoms with Crippen LogP contribution in [0.3, 0.4) is 0 Å². The number of carbonyl (C=O) groups is 1. The lowest BCUT2D eigenvalue weighted by Gasteiger charge is -2.02. The van der Waals surface area contributed by atoms with Gasteiger partial charge in [-0.2, -0.15) is 0 Å². The molecule has 0 atom stereocenters. The average molecular weight is 317 g/mol. The predicted octanol–water partition coefficient (Wildman–Crippen LogP) is 0.136. The summed E-state index contributed by atoms with van der Waals surface area (Å²) in [7, 11) is 0. The van der Waals surface area contributed by atoms with Crippen LogP contribution in [-0.4, -0.2) is 40.3 Å². The van der Waals surface area contributed by atoms with Crippen molar-refractivity contribution in [3.63, 3.8) is 0 Å². The number of rotatable bonds is 6. The van der Waals surface area contributed by atoms with E-state index in [1.54, 1.807) is 13.8 Å². The number of nitrogens with zero attached hydrogens (tertiary/aromatic N) is 2. The van der Waals surface area contributed by atoms with Gasteiger partial charge in [-0.3, -0.25) is 4.79 Å². The van der Waals surface area contributed by atoms with Crippen LogP contribution in [0, 0.1) is 11.8 Å². The molecule has 0 aromatic carbocycles. The zero-order valence-corrected chi connectivity index (χ0v) is 13.1. The number of carbonyl (C=O) groups excluding carboxylic acids is 1. The topological polar surface area (TPSA) is 115 Å². The highest BCUT2D eigenvalue weighted by atomic mass is 16.5. The van der Waals surface area contributed by atoms with Crippen LogP contribution in [0.2, 0.25) is 0 Å². The third-order valence-electron chi connectivity index (χ3n) is 3.10. The molecule has 0 aliphatic carbocycles. The Kier molecular flexibility index (Phi) is 5.38. The molecule has 0 saturated heterocycles.